The molecule has 1 atom stereocenters. The minimum Gasteiger partial charge on any atom is -0.347 e. The Morgan fingerprint density at radius 3 is 2.62 bits per heavy atom. The quantitative estimate of drug-likeness (QED) is 0.691. The number of hydrogen-bond donors (Lipinski definition) is 1. The molecule has 5 nitrogen and oxygen atoms in total. The Kier molecular flexibility index (Phi) is 4.34. The fourth-order valence-electron chi connectivity index (χ4n) is 3.45. The first kappa shape index (κ1) is 16.2. The number of fused-ring (bicyclic) bond motifs is 1. The molecule has 24 heavy (non-hydrogen) atoms. The molecule has 0 aromatic heterocycles. The second kappa shape index (κ2) is 6.43. The number of rotatable bonds is 4. The van der Waals surface area contributed by atoms with E-state index in [-0.39, 0.29) is 23.6 Å². The molecule has 0 fully saturated rings. The molecule has 2 aromatic carbocycles. The van der Waals surface area contributed by atoms with Gasteiger partial charge in [-0.15, -0.1) is 0 Å². The Balaban J connectivity index is 1.72. The SMILES string of the molecule is C[C@@]1(NC(=O)Cc2ccc([N+](=O)[O-])cc2)CCCc2ccccc21. The van der Waals surface area contributed by atoms with Gasteiger partial charge in [-0.05, 0) is 42.9 Å². The molecule has 1 aliphatic carbocycles. The smallest absolute Gasteiger partial charge is 0.269 e. The van der Waals surface area contributed by atoms with Gasteiger partial charge >= 0.3 is 0 Å². The second-order valence-electron chi connectivity index (χ2n) is 6.49. The van der Waals surface area contributed by atoms with Crippen molar-refractivity contribution < 1.29 is 9.72 Å². The van der Waals surface area contributed by atoms with Gasteiger partial charge in [0.15, 0.2) is 0 Å². The molecule has 0 aliphatic heterocycles. The van der Waals surface area contributed by atoms with Crippen molar-refractivity contribution in [2.45, 2.75) is 38.1 Å². The largest absolute Gasteiger partial charge is 0.347 e. The van der Waals surface area contributed by atoms with Crippen LogP contribution < -0.4 is 5.32 Å². The number of amides is 1. The lowest BCUT2D eigenvalue weighted by Gasteiger charge is -2.37. The summed E-state index contributed by atoms with van der Waals surface area (Å²) < 4.78 is 0. The predicted octanol–water partition coefficient (Wildman–Crippen LogP) is 3.51. The van der Waals surface area contributed by atoms with Crippen molar-refractivity contribution in [3.63, 3.8) is 0 Å². The third-order valence-electron chi connectivity index (χ3n) is 4.66. The molecule has 0 unspecified atom stereocenters. The maximum Gasteiger partial charge on any atom is 0.269 e. The number of nitro benzene ring substituents is 1. The van der Waals surface area contributed by atoms with Crippen molar-refractivity contribution >= 4 is 11.6 Å². The zero-order valence-corrected chi connectivity index (χ0v) is 13.6. The molecule has 0 saturated heterocycles. The van der Waals surface area contributed by atoms with Gasteiger partial charge in [0.1, 0.15) is 0 Å². The van der Waals surface area contributed by atoms with Crippen LogP contribution in [0.15, 0.2) is 48.5 Å². The van der Waals surface area contributed by atoms with Crippen LogP contribution in [0.5, 0.6) is 0 Å². The number of benzene rings is 2. The van der Waals surface area contributed by atoms with Crippen molar-refractivity contribution in [3.05, 3.63) is 75.3 Å². The lowest BCUT2D eigenvalue weighted by Crippen LogP contribution is -2.46. The first-order valence-corrected chi connectivity index (χ1v) is 8.11. The molecule has 0 heterocycles. The minimum atomic E-state index is -0.441. The molecular formula is C19H20N2O3. The van der Waals surface area contributed by atoms with Crippen molar-refractivity contribution in [2.24, 2.45) is 0 Å². The first-order valence-electron chi connectivity index (χ1n) is 8.11. The number of aryl methyl sites for hydroxylation is 1. The maximum absolute atomic E-state index is 12.5. The van der Waals surface area contributed by atoms with Crippen molar-refractivity contribution in [2.75, 3.05) is 0 Å². The Hall–Kier alpha value is -2.69. The molecule has 1 N–H and O–H groups in total. The fraction of sp³-hybridized carbons (Fsp3) is 0.316. The van der Waals surface area contributed by atoms with Gasteiger partial charge < -0.3 is 5.32 Å². The Morgan fingerprint density at radius 2 is 1.92 bits per heavy atom. The third-order valence-corrected chi connectivity index (χ3v) is 4.66. The molecule has 1 amide bonds. The highest BCUT2D eigenvalue weighted by Gasteiger charge is 2.32. The molecule has 0 radical (unpaired) electrons. The van der Waals surface area contributed by atoms with Gasteiger partial charge in [0.2, 0.25) is 5.91 Å². The average molecular weight is 324 g/mol. The number of carbonyl (C=O) groups excluding carboxylic acids is 1. The summed E-state index contributed by atoms with van der Waals surface area (Å²) in [5.74, 6) is -0.0666. The number of nitrogens with zero attached hydrogens (tertiary/aromatic N) is 1. The van der Waals surface area contributed by atoms with E-state index in [9.17, 15) is 14.9 Å². The number of carbonyl (C=O) groups is 1. The highest BCUT2D eigenvalue weighted by atomic mass is 16.6. The summed E-state index contributed by atoms with van der Waals surface area (Å²) in [5, 5.41) is 13.8. The van der Waals surface area contributed by atoms with Crippen LogP contribution in [0.4, 0.5) is 5.69 Å². The zero-order valence-electron chi connectivity index (χ0n) is 13.6. The molecule has 2 aromatic rings. The molecule has 0 saturated carbocycles. The van der Waals surface area contributed by atoms with Gasteiger partial charge in [0, 0.05) is 12.1 Å². The zero-order chi connectivity index (χ0) is 17.2. The molecule has 1 aliphatic rings. The van der Waals surface area contributed by atoms with Crippen LogP contribution in [0, 0.1) is 10.1 Å². The minimum absolute atomic E-state index is 0.0346. The monoisotopic (exact) mass is 324 g/mol. The van der Waals surface area contributed by atoms with Crippen LogP contribution >= 0.6 is 0 Å². The van der Waals surface area contributed by atoms with Gasteiger partial charge in [-0.25, -0.2) is 0 Å². The summed E-state index contributed by atoms with van der Waals surface area (Å²) in [6.07, 6.45) is 3.22. The van der Waals surface area contributed by atoms with Crippen LogP contribution in [-0.4, -0.2) is 10.8 Å². The van der Waals surface area contributed by atoms with Gasteiger partial charge in [0.25, 0.3) is 5.69 Å². The summed E-state index contributed by atoms with van der Waals surface area (Å²) in [7, 11) is 0. The van der Waals surface area contributed by atoms with Gasteiger partial charge in [-0.1, -0.05) is 36.4 Å². The van der Waals surface area contributed by atoms with E-state index in [4.69, 9.17) is 0 Å². The predicted molar refractivity (Wildman–Crippen MR) is 91.7 cm³/mol. The number of hydrogen-bond acceptors (Lipinski definition) is 3. The van der Waals surface area contributed by atoms with E-state index in [0.717, 1.165) is 24.8 Å². The summed E-state index contributed by atoms with van der Waals surface area (Å²) in [6.45, 7) is 2.07. The van der Waals surface area contributed by atoms with Crippen LogP contribution in [0.25, 0.3) is 0 Å². The third kappa shape index (κ3) is 3.30. The summed E-state index contributed by atoms with van der Waals surface area (Å²) in [5.41, 5.74) is 2.93. The number of nitrogens with one attached hydrogen (secondary N) is 1. The fourth-order valence-corrected chi connectivity index (χ4v) is 3.45. The summed E-state index contributed by atoms with van der Waals surface area (Å²) >= 11 is 0. The van der Waals surface area contributed by atoms with Crippen LogP contribution in [-0.2, 0) is 23.2 Å². The normalized spacial score (nSPS) is 19.4. The summed E-state index contributed by atoms with van der Waals surface area (Å²) in [4.78, 5) is 22.7. The van der Waals surface area contributed by atoms with E-state index in [2.05, 4.69) is 24.4 Å². The molecule has 124 valence electrons. The highest BCUT2D eigenvalue weighted by molar-refractivity contribution is 5.79. The molecule has 0 bridgehead atoms. The average Bonchev–Trinajstić information content (AvgIpc) is 2.55. The lowest BCUT2D eigenvalue weighted by molar-refractivity contribution is -0.384. The standard InChI is InChI=1S/C19H20N2O3/c1-19(12-4-6-15-5-2-3-7-17(15)19)20-18(22)13-14-8-10-16(11-9-14)21(23)24/h2-3,5,7-11H,4,6,12-13H2,1H3,(H,20,22)/t19-/m1/s1. The molecule has 0 spiro atoms. The summed E-state index contributed by atoms with van der Waals surface area (Å²) in [6, 6.07) is 14.4. The van der Waals surface area contributed by atoms with Crippen LogP contribution in [0.3, 0.4) is 0 Å². The van der Waals surface area contributed by atoms with Crippen LogP contribution in [0.2, 0.25) is 0 Å². The Morgan fingerprint density at radius 1 is 1.21 bits per heavy atom. The maximum atomic E-state index is 12.5. The van der Waals surface area contributed by atoms with Gasteiger partial charge in [0.05, 0.1) is 16.9 Å². The van der Waals surface area contributed by atoms with Gasteiger partial charge in [-0.2, -0.15) is 0 Å². The second-order valence-corrected chi connectivity index (χ2v) is 6.49. The Labute approximate surface area is 140 Å². The lowest BCUT2D eigenvalue weighted by atomic mass is 9.77. The number of non-ortho nitro benzene ring substituents is 1. The van der Waals surface area contributed by atoms with E-state index >= 15 is 0 Å². The van der Waals surface area contributed by atoms with Crippen LogP contribution in [0.1, 0.15) is 36.5 Å². The van der Waals surface area contributed by atoms with Gasteiger partial charge in [-0.3, -0.25) is 14.9 Å². The van der Waals surface area contributed by atoms with E-state index in [1.54, 1.807) is 12.1 Å². The number of nitro groups is 1. The molecule has 5 heteroatoms. The van der Waals surface area contributed by atoms with E-state index in [1.165, 1.54) is 23.3 Å². The topological polar surface area (TPSA) is 72.2 Å². The van der Waals surface area contributed by atoms with E-state index < -0.39 is 4.92 Å². The van der Waals surface area contributed by atoms with Crippen molar-refractivity contribution in [3.8, 4) is 0 Å². The first-order chi connectivity index (χ1) is 11.5. The van der Waals surface area contributed by atoms with Crippen molar-refractivity contribution in [1.29, 1.82) is 0 Å². The molecular weight excluding hydrogens is 304 g/mol. The van der Waals surface area contributed by atoms with Crippen molar-refractivity contribution in [1.82, 2.24) is 5.32 Å². The van der Waals surface area contributed by atoms with E-state index in [1.807, 2.05) is 12.1 Å². The Bertz CT molecular complexity index is 770. The van der Waals surface area contributed by atoms with E-state index in [0.29, 0.717) is 0 Å². The highest BCUT2D eigenvalue weighted by Crippen LogP contribution is 2.34. The molecule has 3 rings (SSSR count).